The quantitative estimate of drug-likeness (QED) is 0.429. The van der Waals surface area contributed by atoms with E-state index in [9.17, 15) is 0 Å². The second kappa shape index (κ2) is 12.2. The first-order chi connectivity index (χ1) is 14.0. The summed E-state index contributed by atoms with van der Waals surface area (Å²) in [5.74, 6) is 1.72. The summed E-state index contributed by atoms with van der Waals surface area (Å²) in [4.78, 5) is 6.54. The lowest BCUT2D eigenvalue weighted by Gasteiger charge is -2.16. The third-order valence-electron chi connectivity index (χ3n) is 4.17. The average Bonchev–Trinajstić information content (AvgIpc) is 2.71. The van der Waals surface area contributed by atoms with Gasteiger partial charge in [0.05, 0.1) is 25.3 Å². The van der Waals surface area contributed by atoms with Crippen molar-refractivity contribution in [2.75, 3.05) is 52.9 Å². The van der Waals surface area contributed by atoms with E-state index in [-0.39, 0.29) is 0 Å². The van der Waals surface area contributed by atoms with Gasteiger partial charge in [0.15, 0.2) is 5.96 Å². The highest BCUT2D eigenvalue weighted by Gasteiger charge is 2.03. The van der Waals surface area contributed by atoms with Crippen LogP contribution in [0.4, 0.5) is 5.69 Å². The highest BCUT2D eigenvalue weighted by atomic mass is 35.5. The van der Waals surface area contributed by atoms with Gasteiger partial charge >= 0.3 is 0 Å². The van der Waals surface area contributed by atoms with Gasteiger partial charge in [0, 0.05) is 25.9 Å². The van der Waals surface area contributed by atoms with Crippen molar-refractivity contribution >= 4 is 23.2 Å². The van der Waals surface area contributed by atoms with Crippen LogP contribution in [0.15, 0.2) is 47.5 Å². The molecule has 0 saturated heterocycles. The molecule has 0 atom stereocenters. The lowest BCUT2D eigenvalue weighted by Crippen LogP contribution is -2.27. The van der Waals surface area contributed by atoms with Gasteiger partial charge in [0.25, 0.3) is 0 Å². The number of benzene rings is 2. The molecule has 0 radical (unpaired) electrons. The Labute approximate surface area is 177 Å². The van der Waals surface area contributed by atoms with Crippen LogP contribution in [-0.2, 0) is 11.3 Å². The van der Waals surface area contributed by atoms with Gasteiger partial charge in [-0.3, -0.25) is 0 Å². The first kappa shape index (κ1) is 22.8. The summed E-state index contributed by atoms with van der Waals surface area (Å²) in [5.41, 5.74) is 7.73. The van der Waals surface area contributed by atoms with E-state index >= 15 is 0 Å². The zero-order chi connectivity index (χ0) is 21.1. The number of guanidine groups is 1. The fourth-order valence-corrected chi connectivity index (χ4v) is 2.78. The Morgan fingerprint density at radius 3 is 2.66 bits per heavy atom. The molecular formula is C21H29ClN4O3. The minimum absolute atomic E-state index is 0.303. The second-order valence-corrected chi connectivity index (χ2v) is 6.87. The van der Waals surface area contributed by atoms with Crippen molar-refractivity contribution in [1.29, 1.82) is 0 Å². The van der Waals surface area contributed by atoms with Crippen LogP contribution in [-0.4, -0.2) is 58.4 Å². The molecule has 0 bridgehead atoms. The third kappa shape index (κ3) is 8.19. The smallest absolute Gasteiger partial charge is 0.193 e. The van der Waals surface area contributed by atoms with E-state index in [0.717, 1.165) is 30.1 Å². The maximum absolute atomic E-state index is 6.12. The summed E-state index contributed by atoms with van der Waals surface area (Å²) in [6.07, 6.45) is 0. The predicted molar refractivity (Wildman–Crippen MR) is 118 cm³/mol. The van der Waals surface area contributed by atoms with Crippen molar-refractivity contribution in [3.05, 3.63) is 53.1 Å². The van der Waals surface area contributed by atoms with Gasteiger partial charge in [-0.1, -0.05) is 23.7 Å². The molecule has 0 aliphatic carbocycles. The Hall–Kier alpha value is -2.48. The van der Waals surface area contributed by atoms with Gasteiger partial charge in [-0.05, 0) is 42.9 Å². The normalized spacial score (nSPS) is 11.6. The number of halogens is 1. The molecule has 158 valence electrons. The molecule has 2 aromatic rings. The Morgan fingerprint density at radius 2 is 1.93 bits per heavy atom. The molecule has 0 heterocycles. The SMILES string of the molecule is COCCN(C)CCOc1cccc(CN=C(N)Nc2ccc(OC)c(Cl)c2)c1. The summed E-state index contributed by atoms with van der Waals surface area (Å²) >= 11 is 6.12. The summed E-state index contributed by atoms with van der Waals surface area (Å²) in [5, 5.41) is 3.53. The van der Waals surface area contributed by atoms with Gasteiger partial charge < -0.3 is 30.2 Å². The van der Waals surface area contributed by atoms with Gasteiger partial charge in [0.1, 0.15) is 18.1 Å². The molecule has 0 saturated carbocycles. The highest BCUT2D eigenvalue weighted by Crippen LogP contribution is 2.27. The van der Waals surface area contributed by atoms with Crippen LogP contribution in [0.2, 0.25) is 5.02 Å². The Bertz CT molecular complexity index is 801. The molecule has 0 fully saturated rings. The number of aliphatic imine (C=N–C) groups is 1. The topological polar surface area (TPSA) is 81.3 Å². The van der Waals surface area contributed by atoms with Crippen LogP contribution >= 0.6 is 11.6 Å². The predicted octanol–water partition coefficient (Wildman–Crippen LogP) is 3.23. The number of nitrogens with zero attached hydrogens (tertiary/aromatic N) is 2. The van der Waals surface area contributed by atoms with E-state index in [1.807, 2.05) is 37.4 Å². The fourth-order valence-electron chi connectivity index (χ4n) is 2.52. The molecule has 0 aromatic heterocycles. The number of anilines is 1. The van der Waals surface area contributed by atoms with E-state index in [2.05, 4.69) is 15.2 Å². The molecule has 0 spiro atoms. The molecule has 29 heavy (non-hydrogen) atoms. The summed E-state index contributed by atoms with van der Waals surface area (Å²) in [6, 6.07) is 13.2. The zero-order valence-electron chi connectivity index (χ0n) is 17.2. The van der Waals surface area contributed by atoms with Crippen LogP contribution in [0.1, 0.15) is 5.56 Å². The molecule has 0 aliphatic heterocycles. The molecule has 7 nitrogen and oxygen atoms in total. The minimum atomic E-state index is 0.303. The van der Waals surface area contributed by atoms with Crippen LogP contribution < -0.4 is 20.5 Å². The number of rotatable bonds is 11. The van der Waals surface area contributed by atoms with Crippen LogP contribution in [0.5, 0.6) is 11.5 Å². The number of hydrogen-bond donors (Lipinski definition) is 2. The van der Waals surface area contributed by atoms with E-state index in [1.165, 1.54) is 0 Å². The molecule has 0 amide bonds. The number of hydrogen-bond acceptors (Lipinski definition) is 5. The van der Waals surface area contributed by atoms with Crippen molar-refractivity contribution in [3.8, 4) is 11.5 Å². The minimum Gasteiger partial charge on any atom is -0.495 e. The number of nitrogens with one attached hydrogen (secondary N) is 1. The van der Waals surface area contributed by atoms with E-state index < -0.39 is 0 Å². The van der Waals surface area contributed by atoms with E-state index in [4.69, 9.17) is 31.5 Å². The largest absolute Gasteiger partial charge is 0.495 e. The van der Waals surface area contributed by atoms with Crippen LogP contribution in [0.25, 0.3) is 0 Å². The molecule has 8 heteroatoms. The van der Waals surface area contributed by atoms with Crippen molar-refractivity contribution < 1.29 is 14.2 Å². The van der Waals surface area contributed by atoms with Crippen LogP contribution in [0, 0.1) is 0 Å². The molecule has 0 unspecified atom stereocenters. The Balaban J connectivity index is 1.85. The lowest BCUT2D eigenvalue weighted by atomic mass is 10.2. The number of methoxy groups -OCH3 is 2. The van der Waals surface area contributed by atoms with Crippen molar-refractivity contribution in [2.24, 2.45) is 10.7 Å². The van der Waals surface area contributed by atoms with Gasteiger partial charge in [-0.2, -0.15) is 0 Å². The molecule has 2 aromatic carbocycles. The first-order valence-electron chi connectivity index (χ1n) is 9.31. The van der Waals surface area contributed by atoms with Crippen molar-refractivity contribution in [2.45, 2.75) is 6.54 Å². The average molecular weight is 421 g/mol. The number of ether oxygens (including phenoxy) is 3. The monoisotopic (exact) mass is 420 g/mol. The molecule has 0 aliphatic rings. The van der Waals surface area contributed by atoms with Crippen LogP contribution in [0.3, 0.4) is 0 Å². The first-order valence-corrected chi connectivity index (χ1v) is 9.69. The highest BCUT2D eigenvalue weighted by molar-refractivity contribution is 6.32. The second-order valence-electron chi connectivity index (χ2n) is 6.47. The standard InChI is InChI=1S/C21H29ClN4O3/c1-26(9-11-27-2)10-12-29-18-6-4-5-16(13-18)15-24-21(23)25-17-7-8-20(28-3)19(22)14-17/h4-8,13-14H,9-12,15H2,1-3H3,(H3,23,24,25). The maximum atomic E-state index is 6.12. The summed E-state index contributed by atoms with van der Waals surface area (Å²) < 4.78 is 16.0. The van der Waals surface area contributed by atoms with Crippen molar-refractivity contribution in [3.63, 3.8) is 0 Å². The van der Waals surface area contributed by atoms with E-state index in [0.29, 0.717) is 36.5 Å². The fraction of sp³-hybridized carbons (Fsp3) is 0.381. The third-order valence-corrected chi connectivity index (χ3v) is 4.47. The lowest BCUT2D eigenvalue weighted by molar-refractivity contribution is 0.150. The van der Waals surface area contributed by atoms with Gasteiger partial charge in [0.2, 0.25) is 0 Å². The number of nitrogens with two attached hydrogens (primary N) is 1. The van der Waals surface area contributed by atoms with Crippen molar-refractivity contribution in [1.82, 2.24) is 4.90 Å². The number of likely N-dealkylation sites (N-methyl/N-ethyl adjacent to an activating group) is 1. The van der Waals surface area contributed by atoms with E-state index in [1.54, 1.807) is 26.4 Å². The maximum Gasteiger partial charge on any atom is 0.193 e. The summed E-state index contributed by atoms with van der Waals surface area (Å²) in [6.45, 7) is 3.46. The molecular weight excluding hydrogens is 392 g/mol. The molecule has 3 N–H and O–H groups in total. The van der Waals surface area contributed by atoms with Gasteiger partial charge in [-0.15, -0.1) is 0 Å². The zero-order valence-corrected chi connectivity index (χ0v) is 17.9. The summed E-state index contributed by atoms with van der Waals surface area (Å²) in [7, 11) is 5.31. The Morgan fingerprint density at radius 1 is 1.14 bits per heavy atom. The molecule has 2 rings (SSSR count). The Kier molecular flexibility index (Phi) is 9.56. The van der Waals surface area contributed by atoms with Gasteiger partial charge in [-0.25, -0.2) is 4.99 Å².